The zero-order valence-corrected chi connectivity index (χ0v) is 12.9. The summed E-state index contributed by atoms with van der Waals surface area (Å²) in [5.74, 6) is -0.570. The van der Waals surface area contributed by atoms with Crippen LogP contribution in [0.15, 0.2) is 48.5 Å². The van der Waals surface area contributed by atoms with Crippen LogP contribution in [0.1, 0.15) is 6.92 Å². The number of ether oxygens (including phenoxy) is 1. The third kappa shape index (κ3) is 4.54. The molecule has 2 amide bonds. The Kier molecular flexibility index (Phi) is 5.30. The number of rotatable bonds is 5. The highest BCUT2D eigenvalue weighted by atomic mass is 19.1. The van der Waals surface area contributed by atoms with E-state index in [-0.39, 0.29) is 12.5 Å². The van der Waals surface area contributed by atoms with Crippen molar-refractivity contribution in [3.05, 3.63) is 54.3 Å². The molecule has 6 heteroatoms. The van der Waals surface area contributed by atoms with Crippen molar-refractivity contribution in [3.8, 4) is 5.75 Å². The van der Waals surface area contributed by atoms with Crippen molar-refractivity contribution in [2.24, 2.45) is 0 Å². The Balaban J connectivity index is 2.12. The van der Waals surface area contributed by atoms with Crippen LogP contribution in [0.2, 0.25) is 0 Å². The van der Waals surface area contributed by atoms with Gasteiger partial charge < -0.3 is 15.0 Å². The first kappa shape index (κ1) is 16.5. The maximum atomic E-state index is 13.1. The zero-order chi connectivity index (χ0) is 16.8. The van der Waals surface area contributed by atoms with Gasteiger partial charge in [-0.15, -0.1) is 0 Å². The molecule has 0 saturated heterocycles. The van der Waals surface area contributed by atoms with Crippen LogP contribution >= 0.6 is 0 Å². The van der Waals surface area contributed by atoms with E-state index in [1.54, 1.807) is 30.3 Å². The van der Waals surface area contributed by atoms with Crippen LogP contribution in [-0.2, 0) is 9.59 Å². The average Bonchev–Trinajstić information content (AvgIpc) is 2.52. The zero-order valence-electron chi connectivity index (χ0n) is 12.9. The van der Waals surface area contributed by atoms with Gasteiger partial charge in [0.15, 0.2) is 0 Å². The van der Waals surface area contributed by atoms with Gasteiger partial charge in [-0.2, -0.15) is 0 Å². The molecule has 0 radical (unpaired) electrons. The molecule has 0 aliphatic heterocycles. The molecule has 2 aromatic carbocycles. The van der Waals surface area contributed by atoms with Crippen molar-refractivity contribution < 1.29 is 18.7 Å². The van der Waals surface area contributed by atoms with Gasteiger partial charge in [-0.05, 0) is 30.3 Å². The number of carbonyl (C=O) groups excluding carboxylic acids is 2. The molecule has 0 aliphatic rings. The number of methoxy groups -OCH3 is 1. The summed E-state index contributed by atoms with van der Waals surface area (Å²) in [6.45, 7) is 1.19. The Morgan fingerprint density at radius 2 is 1.91 bits per heavy atom. The van der Waals surface area contributed by atoms with Crippen LogP contribution in [0.4, 0.5) is 15.8 Å². The highest BCUT2D eigenvalue weighted by Gasteiger charge is 2.16. The third-order valence-electron chi connectivity index (χ3n) is 3.16. The second kappa shape index (κ2) is 7.40. The summed E-state index contributed by atoms with van der Waals surface area (Å²) < 4.78 is 18.2. The maximum Gasteiger partial charge on any atom is 0.244 e. The van der Waals surface area contributed by atoms with E-state index in [2.05, 4.69) is 5.32 Å². The quantitative estimate of drug-likeness (QED) is 0.923. The molecule has 0 unspecified atom stereocenters. The predicted molar refractivity (Wildman–Crippen MR) is 86.1 cm³/mol. The number of amides is 2. The minimum absolute atomic E-state index is 0.182. The van der Waals surface area contributed by atoms with E-state index in [0.29, 0.717) is 17.1 Å². The van der Waals surface area contributed by atoms with Gasteiger partial charge in [0.25, 0.3) is 0 Å². The number of nitrogens with one attached hydrogen (secondary N) is 1. The first-order chi connectivity index (χ1) is 11.0. The summed E-state index contributed by atoms with van der Waals surface area (Å²) in [7, 11) is 1.52. The Bertz CT molecular complexity index is 718. The largest absolute Gasteiger partial charge is 0.497 e. The van der Waals surface area contributed by atoms with Gasteiger partial charge in [0.2, 0.25) is 11.8 Å². The molecular formula is C17H17FN2O3. The van der Waals surface area contributed by atoms with Crippen molar-refractivity contribution in [2.45, 2.75) is 6.92 Å². The second-order valence-electron chi connectivity index (χ2n) is 4.87. The Hall–Kier alpha value is -2.89. The maximum absolute atomic E-state index is 13.1. The normalized spacial score (nSPS) is 10.0. The summed E-state index contributed by atoms with van der Waals surface area (Å²) in [6, 6.07) is 12.4. The van der Waals surface area contributed by atoms with E-state index in [1.165, 1.54) is 37.1 Å². The molecule has 0 fully saturated rings. The van der Waals surface area contributed by atoms with Gasteiger partial charge in [0.05, 0.1) is 7.11 Å². The van der Waals surface area contributed by atoms with Crippen molar-refractivity contribution in [3.63, 3.8) is 0 Å². The molecule has 0 bridgehead atoms. The van der Waals surface area contributed by atoms with Crippen LogP contribution < -0.4 is 15.0 Å². The number of benzene rings is 2. The number of nitrogens with zero attached hydrogens (tertiary/aromatic N) is 1. The van der Waals surface area contributed by atoms with Gasteiger partial charge in [-0.25, -0.2) is 4.39 Å². The van der Waals surface area contributed by atoms with Crippen LogP contribution in [0.25, 0.3) is 0 Å². The number of anilines is 2. The van der Waals surface area contributed by atoms with Gasteiger partial charge in [-0.1, -0.05) is 12.1 Å². The van der Waals surface area contributed by atoms with Crippen molar-refractivity contribution in [1.29, 1.82) is 0 Å². The lowest BCUT2D eigenvalue weighted by molar-refractivity contribution is -0.120. The molecule has 1 N–H and O–H groups in total. The van der Waals surface area contributed by atoms with E-state index >= 15 is 0 Å². The number of carbonyl (C=O) groups is 2. The molecule has 0 aromatic heterocycles. The molecule has 0 heterocycles. The first-order valence-corrected chi connectivity index (χ1v) is 6.97. The molecule has 120 valence electrons. The summed E-state index contributed by atoms with van der Waals surface area (Å²) in [5.41, 5.74) is 0.885. The van der Waals surface area contributed by atoms with Crippen LogP contribution in [-0.4, -0.2) is 25.5 Å². The molecule has 23 heavy (non-hydrogen) atoms. The fourth-order valence-corrected chi connectivity index (χ4v) is 2.07. The fourth-order valence-electron chi connectivity index (χ4n) is 2.07. The van der Waals surface area contributed by atoms with Crippen molar-refractivity contribution in [2.75, 3.05) is 23.9 Å². The molecular weight excluding hydrogens is 299 g/mol. The average molecular weight is 316 g/mol. The van der Waals surface area contributed by atoms with Gasteiger partial charge in [0, 0.05) is 24.4 Å². The molecule has 5 nitrogen and oxygen atoms in total. The number of halogens is 1. The van der Waals surface area contributed by atoms with Gasteiger partial charge >= 0.3 is 0 Å². The lowest BCUT2D eigenvalue weighted by Crippen LogP contribution is -2.36. The van der Waals surface area contributed by atoms with Crippen molar-refractivity contribution >= 4 is 23.2 Å². The smallest absolute Gasteiger partial charge is 0.244 e. The van der Waals surface area contributed by atoms with Crippen LogP contribution in [0.5, 0.6) is 5.75 Å². The molecule has 2 aromatic rings. The SMILES string of the molecule is COc1cccc(N(CC(=O)Nc2cccc(F)c2)C(C)=O)c1. The minimum Gasteiger partial charge on any atom is -0.497 e. The Labute approximate surface area is 133 Å². The Morgan fingerprint density at radius 1 is 1.17 bits per heavy atom. The van der Waals surface area contributed by atoms with E-state index in [9.17, 15) is 14.0 Å². The highest BCUT2D eigenvalue weighted by molar-refractivity contribution is 6.01. The minimum atomic E-state index is -0.445. The van der Waals surface area contributed by atoms with Gasteiger partial charge in [0.1, 0.15) is 18.1 Å². The lowest BCUT2D eigenvalue weighted by atomic mass is 10.2. The number of hydrogen-bond donors (Lipinski definition) is 1. The van der Waals surface area contributed by atoms with E-state index in [1.807, 2.05) is 0 Å². The van der Waals surface area contributed by atoms with Crippen molar-refractivity contribution in [1.82, 2.24) is 0 Å². The van der Waals surface area contributed by atoms with Crippen LogP contribution in [0.3, 0.4) is 0 Å². The summed E-state index contributed by atoms with van der Waals surface area (Å²) >= 11 is 0. The molecule has 0 aliphatic carbocycles. The van der Waals surface area contributed by atoms with E-state index < -0.39 is 11.7 Å². The highest BCUT2D eigenvalue weighted by Crippen LogP contribution is 2.21. The standard InChI is InChI=1S/C17H17FN2O3/c1-12(21)20(15-7-4-8-16(10-15)23-2)11-17(22)19-14-6-3-5-13(18)9-14/h3-10H,11H2,1-2H3,(H,19,22). The monoisotopic (exact) mass is 316 g/mol. The molecule has 0 spiro atoms. The van der Waals surface area contributed by atoms with Crippen LogP contribution in [0, 0.1) is 5.82 Å². The van der Waals surface area contributed by atoms with E-state index in [0.717, 1.165) is 0 Å². The molecule has 0 saturated carbocycles. The topological polar surface area (TPSA) is 58.6 Å². The lowest BCUT2D eigenvalue weighted by Gasteiger charge is -2.21. The predicted octanol–water partition coefficient (Wildman–Crippen LogP) is 2.83. The summed E-state index contributed by atoms with van der Waals surface area (Å²) in [4.78, 5) is 25.3. The molecule has 2 rings (SSSR count). The fraction of sp³-hybridized carbons (Fsp3) is 0.176. The number of hydrogen-bond acceptors (Lipinski definition) is 3. The first-order valence-electron chi connectivity index (χ1n) is 6.97. The summed E-state index contributed by atoms with van der Waals surface area (Å²) in [6.07, 6.45) is 0. The van der Waals surface area contributed by atoms with E-state index in [4.69, 9.17) is 4.74 Å². The molecule has 0 atom stereocenters. The second-order valence-corrected chi connectivity index (χ2v) is 4.87. The third-order valence-corrected chi connectivity index (χ3v) is 3.16. The summed E-state index contributed by atoms with van der Waals surface area (Å²) in [5, 5.41) is 2.56. The van der Waals surface area contributed by atoms with Gasteiger partial charge in [-0.3, -0.25) is 9.59 Å². The Morgan fingerprint density at radius 3 is 2.57 bits per heavy atom.